The fourth-order valence-corrected chi connectivity index (χ4v) is 2.14. The van der Waals surface area contributed by atoms with Crippen molar-refractivity contribution in [3.8, 4) is 0 Å². The Morgan fingerprint density at radius 2 is 1.87 bits per heavy atom. The van der Waals surface area contributed by atoms with Crippen molar-refractivity contribution in [2.45, 2.75) is 53.9 Å². The van der Waals surface area contributed by atoms with E-state index in [4.69, 9.17) is 0 Å². The molecular weight excluding hydrogens is 180 g/mol. The van der Waals surface area contributed by atoms with E-state index in [1.165, 1.54) is 30.4 Å². The molecule has 1 aliphatic rings. The highest BCUT2D eigenvalue weighted by molar-refractivity contribution is 5.38. The molecule has 0 heterocycles. The summed E-state index contributed by atoms with van der Waals surface area (Å²) in [6, 6.07) is 0. The molecule has 0 nitrogen and oxygen atoms in total. The van der Waals surface area contributed by atoms with Crippen molar-refractivity contribution in [3.05, 3.63) is 36.0 Å². The van der Waals surface area contributed by atoms with Crippen molar-refractivity contribution in [1.29, 1.82) is 0 Å². The van der Waals surface area contributed by atoms with E-state index in [2.05, 4.69) is 39.5 Å². The van der Waals surface area contributed by atoms with Gasteiger partial charge in [-0.2, -0.15) is 0 Å². The third-order valence-corrected chi connectivity index (χ3v) is 2.90. The highest BCUT2D eigenvalue weighted by Gasteiger charge is 2.26. The van der Waals surface area contributed by atoms with Gasteiger partial charge >= 0.3 is 0 Å². The van der Waals surface area contributed by atoms with Crippen LogP contribution in [0.1, 0.15) is 53.9 Å². The molecule has 0 atom stereocenters. The largest absolute Gasteiger partial charge is 0.0988 e. The molecule has 86 valence electrons. The maximum atomic E-state index is 3.89. The van der Waals surface area contributed by atoms with E-state index in [-0.39, 0.29) is 0 Å². The molecule has 0 saturated carbocycles. The van der Waals surface area contributed by atoms with E-state index >= 15 is 0 Å². The molecule has 0 unspecified atom stereocenters. The van der Waals surface area contributed by atoms with Crippen LogP contribution in [0.2, 0.25) is 0 Å². The Bertz CT molecular complexity index is 251. The van der Waals surface area contributed by atoms with Crippen LogP contribution in [0, 0.1) is 5.41 Å². The van der Waals surface area contributed by atoms with E-state index in [1.807, 2.05) is 19.9 Å². The molecule has 0 amide bonds. The summed E-state index contributed by atoms with van der Waals surface area (Å²) in [5, 5.41) is 0. The van der Waals surface area contributed by atoms with Crippen LogP contribution >= 0.6 is 0 Å². The second kappa shape index (κ2) is 6.66. The number of rotatable bonds is 2. The molecule has 0 aromatic carbocycles. The summed E-state index contributed by atoms with van der Waals surface area (Å²) in [4.78, 5) is 0. The summed E-state index contributed by atoms with van der Waals surface area (Å²) in [7, 11) is 0. The van der Waals surface area contributed by atoms with E-state index in [9.17, 15) is 0 Å². The summed E-state index contributed by atoms with van der Waals surface area (Å²) in [5.41, 5.74) is 3.26. The SMILES string of the molecule is C=CC1=C(/C=C\C)C(C)(C)CCC1.CC. The van der Waals surface area contributed by atoms with Gasteiger partial charge in [-0.15, -0.1) is 0 Å². The normalized spacial score (nSPS) is 19.8. The van der Waals surface area contributed by atoms with Crippen LogP contribution in [0.4, 0.5) is 0 Å². The highest BCUT2D eigenvalue weighted by atomic mass is 14.3. The number of allylic oxidation sites excluding steroid dienone is 5. The molecule has 0 bridgehead atoms. The zero-order valence-electron chi connectivity index (χ0n) is 11.1. The average Bonchev–Trinajstić information content (AvgIpc) is 2.24. The molecule has 0 N–H and O–H groups in total. The maximum Gasteiger partial charge on any atom is -0.0101 e. The topological polar surface area (TPSA) is 0 Å². The van der Waals surface area contributed by atoms with Gasteiger partial charge in [0.15, 0.2) is 0 Å². The third kappa shape index (κ3) is 3.70. The molecule has 0 aromatic heterocycles. The molecule has 1 aliphatic carbocycles. The Labute approximate surface area is 95.8 Å². The van der Waals surface area contributed by atoms with Gasteiger partial charge in [0.05, 0.1) is 0 Å². The van der Waals surface area contributed by atoms with Crippen molar-refractivity contribution < 1.29 is 0 Å². The van der Waals surface area contributed by atoms with Crippen LogP contribution in [-0.4, -0.2) is 0 Å². The molecule has 0 saturated heterocycles. The summed E-state index contributed by atoms with van der Waals surface area (Å²) in [6.45, 7) is 14.6. The lowest BCUT2D eigenvalue weighted by molar-refractivity contribution is 0.379. The minimum Gasteiger partial charge on any atom is -0.0988 e. The average molecular weight is 206 g/mol. The van der Waals surface area contributed by atoms with Gasteiger partial charge in [-0.25, -0.2) is 0 Å². The standard InChI is InChI=1S/C13H20.C2H6/c1-5-8-12-11(6-2)9-7-10-13(12,3)4;1-2/h5-6,8H,2,7,9-10H2,1,3-4H3;1-2H3/b8-5-;. The predicted octanol–water partition coefficient (Wildman–Crippen LogP) is 5.28. The second-order valence-corrected chi connectivity index (χ2v) is 4.38. The van der Waals surface area contributed by atoms with E-state index in [1.54, 1.807) is 0 Å². The summed E-state index contributed by atoms with van der Waals surface area (Å²) in [5.74, 6) is 0. The third-order valence-electron chi connectivity index (χ3n) is 2.90. The van der Waals surface area contributed by atoms with Crippen LogP contribution in [0.5, 0.6) is 0 Å². The van der Waals surface area contributed by atoms with Crippen molar-refractivity contribution >= 4 is 0 Å². The van der Waals surface area contributed by atoms with E-state index < -0.39 is 0 Å². The Balaban J connectivity index is 0.000000921. The lowest BCUT2D eigenvalue weighted by atomic mass is 9.72. The van der Waals surface area contributed by atoms with Crippen molar-refractivity contribution in [2.24, 2.45) is 5.41 Å². The molecular formula is C15H26. The van der Waals surface area contributed by atoms with Gasteiger partial charge in [0.25, 0.3) is 0 Å². The van der Waals surface area contributed by atoms with Crippen LogP contribution in [0.15, 0.2) is 36.0 Å². The Morgan fingerprint density at radius 1 is 1.27 bits per heavy atom. The summed E-state index contributed by atoms with van der Waals surface area (Å²) in [6.07, 6.45) is 10.2. The molecule has 1 rings (SSSR count). The lowest BCUT2D eigenvalue weighted by Gasteiger charge is -2.33. The molecule has 0 heteroatoms. The Morgan fingerprint density at radius 3 is 2.33 bits per heavy atom. The first kappa shape index (κ1) is 14.2. The van der Waals surface area contributed by atoms with Crippen molar-refractivity contribution in [3.63, 3.8) is 0 Å². The Hall–Kier alpha value is -0.780. The quantitative estimate of drug-likeness (QED) is 0.576. The van der Waals surface area contributed by atoms with Gasteiger partial charge < -0.3 is 0 Å². The predicted molar refractivity (Wildman–Crippen MR) is 71.0 cm³/mol. The number of hydrogen-bond donors (Lipinski definition) is 0. The van der Waals surface area contributed by atoms with Gasteiger partial charge in [-0.05, 0) is 42.7 Å². The van der Waals surface area contributed by atoms with E-state index in [0.717, 1.165) is 0 Å². The second-order valence-electron chi connectivity index (χ2n) is 4.38. The minimum absolute atomic E-state index is 0.342. The first-order chi connectivity index (χ1) is 7.11. The van der Waals surface area contributed by atoms with Crippen LogP contribution in [0.3, 0.4) is 0 Å². The molecule has 0 aliphatic heterocycles. The monoisotopic (exact) mass is 206 g/mol. The fourth-order valence-electron chi connectivity index (χ4n) is 2.14. The molecule has 15 heavy (non-hydrogen) atoms. The minimum atomic E-state index is 0.342. The molecule has 0 aromatic rings. The zero-order valence-corrected chi connectivity index (χ0v) is 11.1. The van der Waals surface area contributed by atoms with Gasteiger partial charge in [0.2, 0.25) is 0 Å². The first-order valence-corrected chi connectivity index (χ1v) is 6.10. The van der Waals surface area contributed by atoms with Crippen molar-refractivity contribution in [2.75, 3.05) is 0 Å². The molecule has 0 fully saturated rings. The smallest absolute Gasteiger partial charge is 0.0101 e. The zero-order chi connectivity index (χ0) is 11.9. The maximum absolute atomic E-state index is 3.89. The van der Waals surface area contributed by atoms with E-state index in [0.29, 0.717) is 5.41 Å². The van der Waals surface area contributed by atoms with Crippen LogP contribution < -0.4 is 0 Å². The van der Waals surface area contributed by atoms with Gasteiger partial charge in [0, 0.05) is 0 Å². The Kier molecular flexibility index (Phi) is 6.31. The lowest BCUT2D eigenvalue weighted by Crippen LogP contribution is -2.19. The van der Waals surface area contributed by atoms with Gasteiger partial charge in [0.1, 0.15) is 0 Å². The van der Waals surface area contributed by atoms with Crippen molar-refractivity contribution in [1.82, 2.24) is 0 Å². The highest BCUT2D eigenvalue weighted by Crippen LogP contribution is 2.41. The fraction of sp³-hybridized carbons (Fsp3) is 0.600. The van der Waals surface area contributed by atoms with Crippen LogP contribution in [0.25, 0.3) is 0 Å². The molecule has 0 spiro atoms. The molecule has 0 radical (unpaired) electrons. The summed E-state index contributed by atoms with van der Waals surface area (Å²) >= 11 is 0. The first-order valence-electron chi connectivity index (χ1n) is 6.10. The van der Waals surface area contributed by atoms with Crippen LogP contribution in [-0.2, 0) is 0 Å². The number of hydrogen-bond acceptors (Lipinski definition) is 0. The van der Waals surface area contributed by atoms with Gasteiger partial charge in [-0.1, -0.05) is 52.5 Å². The summed E-state index contributed by atoms with van der Waals surface area (Å²) < 4.78 is 0. The van der Waals surface area contributed by atoms with Gasteiger partial charge in [-0.3, -0.25) is 0 Å².